The van der Waals surface area contributed by atoms with Gasteiger partial charge in [0.1, 0.15) is 6.61 Å². The zero-order chi connectivity index (χ0) is 19.8. The van der Waals surface area contributed by atoms with Gasteiger partial charge in [0.25, 0.3) is 11.0 Å². The topological polar surface area (TPSA) is 132 Å². The lowest BCUT2D eigenvalue weighted by Crippen LogP contribution is -2.36. The SMILES string of the molecule is N/C(=N\N=C\c1c(Cl)cccc1Cl)NC(=O)c1ccc(CO[N+](=O)[O-])cc1. The Bertz CT molecular complexity index is 880. The molecule has 2 aromatic carbocycles. The summed E-state index contributed by atoms with van der Waals surface area (Å²) < 4.78 is 0. The van der Waals surface area contributed by atoms with Gasteiger partial charge in [-0.1, -0.05) is 41.4 Å². The van der Waals surface area contributed by atoms with Crippen molar-refractivity contribution in [1.29, 1.82) is 0 Å². The highest BCUT2D eigenvalue weighted by Crippen LogP contribution is 2.22. The number of hydrogen-bond donors (Lipinski definition) is 2. The van der Waals surface area contributed by atoms with Gasteiger partial charge in [-0.15, -0.1) is 15.2 Å². The average molecular weight is 410 g/mol. The zero-order valence-electron chi connectivity index (χ0n) is 13.6. The van der Waals surface area contributed by atoms with Crippen LogP contribution in [0.2, 0.25) is 10.0 Å². The van der Waals surface area contributed by atoms with Crippen molar-refractivity contribution in [2.45, 2.75) is 6.61 Å². The number of benzene rings is 2. The van der Waals surface area contributed by atoms with Crippen LogP contribution in [0.3, 0.4) is 0 Å². The Labute approximate surface area is 163 Å². The van der Waals surface area contributed by atoms with Crippen LogP contribution in [-0.4, -0.2) is 23.2 Å². The van der Waals surface area contributed by atoms with Crippen molar-refractivity contribution >= 4 is 41.3 Å². The maximum absolute atomic E-state index is 12.1. The van der Waals surface area contributed by atoms with Crippen molar-refractivity contribution in [2.75, 3.05) is 0 Å². The van der Waals surface area contributed by atoms with E-state index in [1.165, 1.54) is 30.5 Å². The van der Waals surface area contributed by atoms with Crippen LogP contribution in [0.25, 0.3) is 0 Å². The van der Waals surface area contributed by atoms with Gasteiger partial charge in [-0.25, -0.2) is 0 Å². The zero-order valence-corrected chi connectivity index (χ0v) is 15.1. The third kappa shape index (κ3) is 6.24. The van der Waals surface area contributed by atoms with Gasteiger partial charge >= 0.3 is 0 Å². The molecule has 0 aromatic heterocycles. The van der Waals surface area contributed by atoms with E-state index in [9.17, 15) is 14.9 Å². The Morgan fingerprint density at radius 3 is 2.44 bits per heavy atom. The molecule has 0 heterocycles. The highest BCUT2D eigenvalue weighted by Gasteiger charge is 2.07. The summed E-state index contributed by atoms with van der Waals surface area (Å²) in [6.07, 6.45) is 1.31. The van der Waals surface area contributed by atoms with E-state index in [0.717, 1.165) is 0 Å². The van der Waals surface area contributed by atoms with Gasteiger partial charge in [0, 0.05) is 11.1 Å². The predicted molar refractivity (Wildman–Crippen MR) is 101 cm³/mol. The van der Waals surface area contributed by atoms with Gasteiger partial charge in [0.05, 0.1) is 16.3 Å². The van der Waals surface area contributed by atoms with E-state index < -0.39 is 11.0 Å². The molecule has 0 spiro atoms. The van der Waals surface area contributed by atoms with E-state index >= 15 is 0 Å². The summed E-state index contributed by atoms with van der Waals surface area (Å²) in [6, 6.07) is 10.9. The first kappa shape index (κ1) is 20.1. The van der Waals surface area contributed by atoms with E-state index in [4.69, 9.17) is 28.9 Å². The van der Waals surface area contributed by atoms with E-state index in [1.807, 2.05) is 0 Å². The van der Waals surface area contributed by atoms with Crippen LogP contribution in [0.15, 0.2) is 52.7 Å². The summed E-state index contributed by atoms with van der Waals surface area (Å²) in [6.45, 7) is -0.210. The molecule has 0 saturated carbocycles. The lowest BCUT2D eigenvalue weighted by molar-refractivity contribution is -0.763. The molecule has 2 aromatic rings. The largest absolute Gasteiger partial charge is 0.368 e. The standard InChI is InChI=1S/C16H13Cl2N5O4/c17-13-2-1-3-14(18)12(13)8-20-22-16(19)21-15(24)11-6-4-10(5-7-11)9-27-23(25)26/h1-8H,9H2,(H3,19,21,22,24)/b20-8+. The molecule has 0 aliphatic rings. The molecule has 1 amide bonds. The third-order valence-corrected chi connectivity index (χ3v) is 3.81. The predicted octanol–water partition coefficient (Wildman–Crippen LogP) is 2.78. The molecule has 3 N–H and O–H groups in total. The van der Waals surface area contributed by atoms with Crippen LogP contribution in [0.1, 0.15) is 21.5 Å². The van der Waals surface area contributed by atoms with Crippen LogP contribution < -0.4 is 11.1 Å². The lowest BCUT2D eigenvalue weighted by Gasteiger charge is -2.04. The molecule has 0 atom stereocenters. The minimum absolute atomic E-state index is 0.210. The maximum Gasteiger partial charge on any atom is 0.294 e. The second-order valence-electron chi connectivity index (χ2n) is 5.01. The maximum atomic E-state index is 12.1. The average Bonchev–Trinajstić information content (AvgIpc) is 2.62. The van der Waals surface area contributed by atoms with Crippen molar-refractivity contribution < 1.29 is 14.7 Å². The fourth-order valence-electron chi connectivity index (χ4n) is 1.88. The van der Waals surface area contributed by atoms with Crippen LogP contribution in [0.5, 0.6) is 0 Å². The number of hydrogen-bond acceptors (Lipinski definition) is 6. The van der Waals surface area contributed by atoms with Gasteiger partial charge in [0.2, 0.25) is 5.96 Å². The molecule has 0 unspecified atom stereocenters. The van der Waals surface area contributed by atoms with Gasteiger partial charge < -0.3 is 10.6 Å². The fraction of sp³-hybridized carbons (Fsp3) is 0.0625. The number of halogens is 2. The number of rotatable bonds is 6. The van der Waals surface area contributed by atoms with Crippen molar-refractivity contribution in [2.24, 2.45) is 15.9 Å². The lowest BCUT2D eigenvalue weighted by atomic mass is 10.1. The van der Waals surface area contributed by atoms with Crippen LogP contribution >= 0.6 is 23.2 Å². The summed E-state index contributed by atoms with van der Waals surface area (Å²) in [5.41, 5.74) is 6.88. The highest BCUT2D eigenvalue weighted by atomic mass is 35.5. The molecule has 0 radical (unpaired) electrons. The molecule has 0 aliphatic carbocycles. The third-order valence-electron chi connectivity index (χ3n) is 3.15. The quantitative estimate of drug-likeness (QED) is 0.327. The first-order valence-electron chi connectivity index (χ1n) is 7.35. The number of guanidine groups is 1. The van der Waals surface area contributed by atoms with Crippen molar-refractivity contribution in [3.8, 4) is 0 Å². The monoisotopic (exact) mass is 409 g/mol. The Hall–Kier alpha value is -3.17. The van der Waals surface area contributed by atoms with Crippen molar-refractivity contribution in [3.63, 3.8) is 0 Å². The number of amides is 1. The van der Waals surface area contributed by atoms with Gasteiger partial charge in [-0.2, -0.15) is 5.10 Å². The summed E-state index contributed by atoms with van der Waals surface area (Å²) in [5.74, 6) is -0.760. The molecule has 0 saturated heterocycles. The molecule has 140 valence electrons. The Morgan fingerprint density at radius 2 is 1.85 bits per heavy atom. The molecule has 9 nitrogen and oxygen atoms in total. The first-order chi connectivity index (χ1) is 12.9. The Balaban J connectivity index is 1.97. The van der Waals surface area contributed by atoms with E-state index in [0.29, 0.717) is 21.2 Å². The Morgan fingerprint density at radius 1 is 1.22 bits per heavy atom. The number of carbonyl (C=O) groups excluding carboxylic acids is 1. The van der Waals surface area contributed by atoms with Crippen LogP contribution in [-0.2, 0) is 11.4 Å². The van der Waals surface area contributed by atoms with E-state index in [1.54, 1.807) is 18.2 Å². The first-order valence-corrected chi connectivity index (χ1v) is 8.10. The van der Waals surface area contributed by atoms with Crippen molar-refractivity contribution in [1.82, 2.24) is 5.32 Å². The summed E-state index contributed by atoms with van der Waals surface area (Å²) in [7, 11) is 0. The second-order valence-corrected chi connectivity index (χ2v) is 5.83. The minimum atomic E-state index is -0.895. The van der Waals surface area contributed by atoms with Gasteiger partial charge in [-0.3, -0.25) is 10.1 Å². The van der Waals surface area contributed by atoms with Gasteiger partial charge in [0.15, 0.2) is 0 Å². The van der Waals surface area contributed by atoms with Gasteiger partial charge in [-0.05, 0) is 29.8 Å². The molecule has 0 fully saturated rings. The van der Waals surface area contributed by atoms with Crippen molar-refractivity contribution in [3.05, 3.63) is 79.3 Å². The fourth-order valence-corrected chi connectivity index (χ4v) is 2.37. The molecular formula is C16H13Cl2N5O4. The smallest absolute Gasteiger partial charge is 0.294 e. The van der Waals surface area contributed by atoms with Crippen LogP contribution in [0, 0.1) is 10.1 Å². The molecule has 27 heavy (non-hydrogen) atoms. The number of carbonyl (C=O) groups is 1. The molecular weight excluding hydrogens is 397 g/mol. The second kappa shape index (κ2) is 9.51. The van der Waals surface area contributed by atoms with E-state index in [2.05, 4.69) is 20.4 Å². The minimum Gasteiger partial charge on any atom is -0.368 e. The summed E-state index contributed by atoms with van der Waals surface area (Å²) in [4.78, 5) is 26.5. The number of nitrogens with two attached hydrogens (primary N) is 1. The van der Waals surface area contributed by atoms with E-state index in [-0.39, 0.29) is 18.1 Å². The molecule has 11 heteroatoms. The highest BCUT2D eigenvalue weighted by molar-refractivity contribution is 6.38. The summed E-state index contributed by atoms with van der Waals surface area (Å²) >= 11 is 12.0. The summed E-state index contributed by atoms with van der Waals surface area (Å²) in [5, 5.41) is 19.8. The van der Waals surface area contributed by atoms with Crippen LogP contribution in [0.4, 0.5) is 0 Å². The number of nitrogens with zero attached hydrogens (tertiary/aromatic N) is 3. The number of nitrogens with one attached hydrogen (secondary N) is 1. The normalized spacial score (nSPS) is 11.4. The molecule has 2 rings (SSSR count). The Kier molecular flexibility index (Phi) is 7.09. The molecule has 0 bridgehead atoms. The molecule has 0 aliphatic heterocycles.